The molecule has 146 valence electrons. The monoisotopic (exact) mass is 386 g/mol. The van der Waals surface area contributed by atoms with Gasteiger partial charge in [-0.3, -0.25) is 0 Å². The average molecular weight is 386 g/mol. The first-order chi connectivity index (χ1) is 14.1. The molecule has 1 fully saturated rings. The molecule has 0 aliphatic carbocycles. The number of methoxy groups -OCH3 is 1. The maximum absolute atomic E-state index is 5.36. The van der Waals surface area contributed by atoms with Crippen LogP contribution in [0.15, 0.2) is 67.0 Å². The Labute approximate surface area is 168 Å². The number of anilines is 1. The van der Waals surface area contributed by atoms with E-state index >= 15 is 0 Å². The molecular weight excluding hydrogens is 364 g/mol. The van der Waals surface area contributed by atoms with Crippen LogP contribution in [0.3, 0.4) is 0 Å². The number of hydrogen-bond donors (Lipinski definition) is 1. The number of H-pyrrole nitrogens is 1. The van der Waals surface area contributed by atoms with Crippen LogP contribution >= 0.6 is 0 Å². The maximum Gasteiger partial charge on any atom is 0.133 e. The molecule has 4 aromatic rings. The molecule has 0 radical (unpaired) electrons. The Kier molecular flexibility index (Phi) is 3.91. The van der Waals surface area contributed by atoms with Gasteiger partial charge in [-0.05, 0) is 37.6 Å². The molecule has 7 heteroatoms. The van der Waals surface area contributed by atoms with E-state index in [0.29, 0.717) is 0 Å². The molecule has 3 heterocycles. The van der Waals surface area contributed by atoms with E-state index in [1.54, 1.807) is 24.3 Å². The molecule has 5 rings (SSSR count). The van der Waals surface area contributed by atoms with Crippen LogP contribution in [0.1, 0.15) is 19.2 Å². The van der Waals surface area contributed by atoms with Gasteiger partial charge in [0.05, 0.1) is 41.8 Å². The van der Waals surface area contributed by atoms with Crippen LogP contribution in [0.2, 0.25) is 0 Å². The number of ether oxygens (including phenoxy) is 1. The molecule has 1 aliphatic rings. The zero-order valence-electron chi connectivity index (χ0n) is 16.5. The Balaban J connectivity index is 1.64. The second kappa shape index (κ2) is 6.48. The third-order valence-corrected chi connectivity index (χ3v) is 5.58. The lowest BCUT2D eigenvalue weighted by atomic mass is 9.96. The van der Waals surface area contributed by atoms with Gasteiger partial charge in [0.25, 0.3) is 0 Å². The summed E-state index contributed by atoms with van der Waals surface area (Å²) in [5, 5.41) is 8.66. The van der Waals surface area contributed by atoms with Gasteiger partial charge in [0, 0.05) is 12.6 Å². The quantitative estimate of drug-likeness (QED) is 0.540. The smallest absolute Gasteiger partial charge is 0.133 e. The number of rotatable bonds is 4. The molecule has 2 aromatic carbocycles. The van der Waals surface area contributed by atoms with Crippen LogP contribution in [0, 0.1) is 0 Å². The maximum atomic E-state index is 5.36. The van der Waals surface area contributed by atoms with E-state index in [0.717, 1.165) is 52.5 Å². The first-order valence-corrected chi connectivity index (χ1v) is 9.53. The van der Waals surface area contributed by atoms with E-state index in [4.69, 9.17) is 9.72 Å². The Morgan fingerprint density at radius 3 is 2.62 bits per heavy atom. The van der Waals surface area contributed by atoms with Crippen molar-refractivity contribution in [2.45, 2.75) is 18.9 Å². The van der Waals surface area contributed by atoms with Crippen LogP contribution in [0.25, 0.3) is 16.7 Å². The second-order valence-corrected chi connectivity index (χ2v) is 7.56. The summed E-state index contributed by atoms with van der Waals surface area (Å²) in [4.78, 5) is 12.4. The standard InChI is InChI=1S/C22H22N6O/c1-15-13-22(2,21-25-17-9-8-16(29-3)12-18(17)26-21)27(14-15)19-6-4-5-7-20(19)28-23-10-11-24-28/h4-12H,1,13-14H2,2-3H3,(H,25,26). The van der Waals surface area contributed by atoms with Crippen molar-refractivity contribution in [1.82, 2.24) is 25.0 Å². The average Bonchev–Trinajstić information content (AvgIpc) is 3.46. The van der Waals surface area contributed by atoms with Crippen molar-refractivity contribution < 1.29 is 4.74 Å². The van der Waals surface area contributed by atoms with Crippen LogP contribution in [0.5, 0.6) is 5.75 Å². The third-order valence-electron chi connectivity index (χ3n) is 5.58. The Hall–Kier alpha value is -3.61. The number of nitrogens with zero attached hydrogens (tertiary/aromatic N) is 5. The van der Waals surface area contributed by atoms with Gasteiger partial charge >= 0.3 is 0 Å². The molecule has 0 saturated carbocycles. The largest absolute Gasteiger partial charge is 0.497 e. The van der Waals surface area contributed by atoms with Crippen LogP contribution in [-0.2, 0) is 5.54 Å². The van der Waals surface area contributed by atoms with Crippen molar-refractivity contribution in [1.29, 1.82) is 0 Å². The first-order valence-electron chi connectivity index (χ1n) is 9.53. The molecule has 29 heavy (non-hydrogen) atoms. The molecular formula is C22H22N6O. The van der Waals surface area contributed by atoms with Crippen molar-refractivity contribution >= 4 is 16.7 Å². The van der Waals surface area contributed by atoms with Crippen LogP contribution in [-0.4, -0.2) is 38.6 Å². The third kappa shape index (κ3) is 2.77. The minimum Gasteiger partial charge on any atom is -0.497 e. The van der Waals surface area contributed by atoms with Gasteiger partial charge in [-0.15, -0.1) is 4.80 Å². The fourth-order valence-corrected chi connectivity index (χ4v) is 4.17. The normalized spacial score (nSPS) is 19.2. The van der Waals surface area contributed by atoms with Gasteiger partial charge in [0.15, 0.2) is 0 Å². The van der Waals surface area contributed by atoms with Crippen molar-refractivity contribution in [3.8, 4) is 11.4 Å². The first kappa shape index (κ1) is 17.5. The summed E-state index contributed by atoms with van der Waals surface area (Å²) in [6.45, 7) is 7.23. The number of imidazole rings is 1. The summed E-state index contributed by atoms with van der Waals surface area (Å²) in [7, 11) is 1.67. The molecule has 1 saturated heterocycles. The molecule has 0 amide bonds. The fraction of sp³-hybridized carbons (Fsp3) is 0.227. The lowest BCUT2D eigenvalue weighted by Gasteiger charge is -2.36. The van der Waals surface area contributed by atoms with E-state index in [1.807, 2.05) is 36.4 Å². The van der Waals surface area contributed by atoms with Crippen molar-refractivity contribution in [3.63, 3.8) is 0 Å². The summed E-state index contributed by atoms with van der Waals surface area (Å²) in [5.41, 5.74) is 4.64. The molecule has 1 N–H and O–H groups in total. The summed E-state index contributed by atoms with van der Waals surface area (Å²) in [5.74, 6) is 1.71. The van der Waals surface area contributed by atoms with Gasteiger partial charge < -0.3 is 14.6 Å². The van der Waals surface area contributed by atoms with Gasteiger partial charge in [0.2, 0.25) is 0 Å². The van der Waals surface area contributed by atoms with E-state index in [1.165, 1.54) is 0 Å². The van der Waals surface area contributed by atoms with E-state index in [-0.39, 0.29) is 5.54 Å². The number of hydrogen-bond acceptors (Lipinski definition) is 5. The zero-order valence-corrected chi connectivity index (χ0v) is 16.5. The molecule has 7 nitrogen and oxygen atoms in total. The minimum atomic E-state index is -0.368. The number of nitrogens with one attached hydrogen (secondary N) is 1. The predicted octanol–water partition coefficient (Wildman–Crippen LogP) is 3.83. The van der Waals surface area contributed by atoms with E-state index in [9.17, 15) is 0 Å². The SMILES string of the molecule is C=C1CN(c2ccccc2-n2nccn2)C(C)(c2nc3ccc(OC)cc3[nH]2)C1. The number of fused-ring (bicyclic) bond motifs is 1. The number of aromatic nitrogens is 5. The highest BCUT2D eigenvalue weighted by atomic mass is 16.5. The minimum absolute atomic E-state index is 0.368. The summed E-state index contributed by atoms with van der Waals surface area (Å²) in [6.07, 6.45) is 4.18. The lowest BCUT2D eigenvalue weighted by Crippen LogP contribution is -2.40. The Morgan fingerprint density at radius 2 is 1.86 bits per heavy atom. The Morgan fingerprint density at radius 1 is 1.10 bits per heavy atom. The highest BCUT2D eigenvalue weighted by Crippen LogP contribution is 2.44. The molecule has 0 bridgehead atoms. The van der Waals surface area contributed by atoms with Gasteiger partial charge in [-0.2, -0.15) is 10.2 Å². The van der Waals surface area contributed by atoms with Crippen LogP contribution in [0.4, 0.5) is 5.69 Å². The Bertz CT molecular complexity index is 1200. The highest BCUT2D eigenvalue weighted by Gasteiger charge is 2.43. The molecule has 1 unspecified atom stereocenters. The lowest BCUT2D eigenvalue weighted by molar-refractivity contribution is 0.415. The molecule has 1 atom stereocenters. The van der Waals surface area contributed by atoms with Crippen LogP contribution < -0.4 is 9.64 Å². The molecule has 2 aromatic heterocycles. The van der Waals surface area contributed by atoms with Gasteiger partial charge in [0.1, 0.15) is 17.3 Å². The number of para-hydroxylation sites is 2. The predicted molar refractivity (Wildman–Crippen MR) is 112 cm³/mol. The fourth-order valence-electron chi connectivity index (χ4n) is 4.17. The van der Waals surface area contributed by atoms with Crippen molar-refractivity contribution in [3.05, 3.63) is 72.8 Å². The summed E-state index contributed by atoms with van der Waals surface area (Å²) >= 11 is 0. The summed E-state index contributed by atoms with van der Waals surface area (Å²) in [6, 6.07) is 14.0. The van der Waals surface area contributed by atoms with E-state index in [2.05, 4.69) is 39.7 Å². The number of benzene rings is 2. The summed E-state index contributed by atoms with van der Waals surface area (Å²) < 4.78 is 5.36. The van der Waals surface area contributed by atoms with Crippen molar-refractivity contribution in [2.75, 3.05) is 18.6 Å². The topological polar surface area (TPSA) is 71.9 Å². The van der Waals surface area contributed by atoms with E-state index < -0.39 is 0 Å². The second-order valence-electron chi connectivity index (χ2n) is 7.56. The molecule has 1 aliphatic heterocycles. The number of aromatic amines is 1. The zero-order chi connectivity index (χ0) is 20.0. The van der Waals surface area contributed by atoms with Gasteiger partial charge in [-0.25, -0.2) is 4.98 Å². The highest BCUT2D eigenvalue weighted by molar-refractivity contribution is 5.77. The molecule has 0 spiro atoms. The van der Waals surface area contributed by atoms with Gasteiger partial charge in [-0.1, -0.05) is 24.3 Å². The van der Waals surface area contributed by atoms with Crippen molar-refractivity contribution in [2.24, 2.45) is 0 Å².